The fraction of sp³-hybridized carbons (Fsp3) is 0.440. The van der Waals surface area contributed by atoms with Gasteiger partial charge in [0.2, 0.25) is 0 Å². The van der Waals surface area contributed by atoms with E-state index in [4.69, 9.17) is 10.5 Å². The van der Waals surface area contributed by atoms with Crippen LogP contribution in [0.25, 0.3) is 0 Å². The van der Waals surface area contributed by atoms with Gasteiger partial charge in [0.05, 0.1) is 6.04 Å². The number of rotatable bonds is 9. The van der Waals surface area contributed by atoms with Crippen molar-refractivity contribution in [1.29, 1.82) is 0 Å². The van der Waals surface area contributed by atoms with E-state index in [0.29, 0.717) is 12.8 Å². The minimum absolute atomic E-state index is 0.201. The minimum atomic E-state index is -0.632. The fourth-order valence-electron chi connectivity index (χ4n) is 3.50. The number of ether oxygens (including phenoxy) is 1. The normalized spacial score (nSPS) is 14.4. The van der Waals surface area contributed by atoms with Crippen LogP contribution in [-0.4, -0.2) is 35.5 Å². The molecule has 0 heterocycles. The van der Waals surface area contributed by atoms with E-state index in [1.54, 1.807) is 4.90 Å². The zero-order chi connectivity index (χ0) is 22.1. The first kappa shape index (κ1) is 23.6. The molecule has 5 nitrogen and oxygen atoms in total. The highest BCUT2D eigenvalue weighted by atomic mass is 16.6. The zero-order valence-electron chi connectivity index (χ0n) is 18.5. The van der Waals surface area contributed by atoms with Gasteiger partial charge in [0.1, 0.15) is 11.9 Å². The lowest BCUT2D eigenvalue weighted by molar-refractivity contribution is -0.112. The van der Waals surface area contributed by atoms with Gasteiger partial charge in [-0.2, -0.15) is 0 Å². The Balaban J connectivity index is 2.27. The summed E-state index contributed by atoms with van der Waals surface area (Å²) in [5.74, 6) is -0.504. The van der Waals surface area contributed by atoms with Crippen LogP contribution >= 0.6 is 0 Å². The van der Waals surface area contributed by atoms with Gasteiger partial charge >= 0.3 is 6.09 Å². The molecule has 0 aromatic heterocycles. The highest BCUT2D eigenvalue weighted by Gasteiger charge is 2.32. The molecule has 0 fully saturated rings. The molecule has 0 spiro atoms. The quantitative estimate of drug-likeness (QED) is 0.605. The van der Waals surface area contributed by atoms with Crippen molar-refractivity contribution in [2.75, 3.05) is 6.54 Å². The number of amides is 1. The molecule has 2 N–H and O–H groups in total. The lowest BCUT2D eigenvalue weighted by Gasteiger charge is -2.36. The van der Waals surface area contributed by atoms with Crippen molar-refractivity contribution in [3.05, 3.63) is 71.8 Å². The zero-order valence-corrected chi connectivity index (χ0v) is 18.5. The van der Waals surface area contributed by atoms with Crippen LogP contribution in [-0.2, 0) is 16.0 Å². The third kappa shape index (κ3) is 6.99. The number of nitrogens with two attached hydrogens (primary N) is 1. The van der Waals surface area contributed by atoms with E-state index < -0.39 is 23.7 Å². The second-order valence-corrected chi connectivity index (χ2v) is 8.62. The Morgan fingerprint density at radius 3 is 2.13 bits per heavy atom. The van der Waals surface area contributed by atoms with Gasteiger partial charge in [-0.05, 0) is 44.7 Å². The number of carbonyl (C=O) groups excluding carboxylic acids is 2. The van der Waals surface area contributed by atoms with Crippen LogP contribution in [0, 0.1) is 5.92 Å². The number of carbonyl (C=O) groups is 2. The molecule has 162 valence electrons. The van der Waals surface area contributed by atoms with Crippen molar-refractivity contribution in [3.8, 4) is 0 Å². The molecule has 0 saturated carbocycles. The molecule has 2 aromatic rings. The van der Waals surface area contributed by atoms with Crippen molar-refractivity contribution in [3.63, 3.8) is 0 Å². The maximum Gasteiger partial charge on any atom is 0.410 e. The van der Waals surface area contributed by atoms with Gasteiger partial charge in [-0.25, -0.2) is 4.79 Å². The van der Waals surface area contributed by atoms with Gasteiger partial charge in [-0.3, -0.25) is 0 Å². The van der Waals surface area contributed by atoms with E-state index in [-0.39, 0.29) is 12.6 Å². The second kappa shape index (κ2) is 10.9. The molecular weight excluding hydrogens is 376 g/mol. The van der Waals surface area contributed by atoms with Crippen LogP contribution in [0.15, 0.2) is 60.7 Å². The Morgan fingerprint density at radius 2 is 1.63 bits per heavy atom. The molecule has 0 bridgehead atoms. The highest BCUT2D eigenvalue weighted by Crippen LogP contribution is 2.27. The van der Waals surface area contributed by atoms with Crippen LogP contribution < -0.4 is 5.73 Å². The molecule has 5 heteroatoms. The largest absolute Gasteiger partial charge is 0.444 e. The molecule has 2 aromatic carbocycles. The predicted molar refractivity (Wildman–Crippen MR) is 120 cm³/mol. The average molecular weight is 411 g/mol. The third-order valence-electron chi connectivity index (χ3n) is 5.02. The van der Waals surface area contributed by atoms with Crippen molar-refractivity contribution in [2.45, 2.75) is 58.2 Å². The summed E-state index contributed by atoms with van der Waals surface area (Å²) in [5.41, 5.74) is 7.85. The minimum Gasteiger partial charge on any atom is -0.444 e. The van der Waals surface area contributed by atoms with E-state index in [0.717, 1.165) is 17.4 Å². The summed E-state index contributed by atoms with van der Waals surface area (Å²) in [4.78, 5) is 26.7. The van der Waals surface area contributed by atoms with Crippen molar-refractivity contribution in [1.82, 2.24) is 4.90 Å². The smallest absolute Gasteiger partial charge is 0.410 e. The summed E-state index contributed by atoms with van der Waals surface area (Å²) in [6, 6.07) is 19.1. The topological polar surface area (TPSA) is 72.6 Å². The summed E-state index contributed by atoms with van der Waals surface area (Å²) in [6.45, 7) is 7.75. The predicted octanol–water partition coefficient (Wildman–Crippen LogP) is 4.76. The maximum atomic E-state index is 13.1. The first-order chi connectivity index (χ1) is 14.2. The lowest BCUT2D eigenvalue weighted by atomic mass is 9.93. The fourth-order valence-corrected chi connectivity index (χ4v) is 3.50. The summed E-state index contributed by atoms with van der Waals surface area (Å²) in [6.07, 6.45) is 1.69. The Labute approximate surface area is 180 Å². The molecule has 1 amide bonds. The summed E-state index contributed by atoms with van der Waals surface area (Å²) >= 11 is 0. The summed E-state index contributed by atoms with van der Waals surface area (Å²) in [7, 11) is 0. The number of hydrogen-bond acceptors (Lipinski definition) is 4. The van der Waals surface area contributed by atoms with Gasteiger partial charge in [0.25, 0.3) is 0 Å². The molecule has 0 aliphatic rings. The Morgan fingerprint density at radius 1 is 1.07 bits per heavy atom. The van der Waals surface area contributed by atoms with Gasteiger partial charge < -0.3 is 20.2 Å². The molecule has 2 unspecified atom stereocenters. The van der Waals surface area contributed by atoms with Crippen LogP contribution in [0.3, 0.4) is 0 Å². The van der Waals surface area contributed by atoms with E-state index >= 15 is 0 Å². The Hall–Kier alpha value is -2.66. The Kier molecular flexibility index (Phi) is 8.60. The molecule has 3 atom stereocenters. The highest BCUT2D eigenvalue weighted by molar-refractivity contribution is 5.70. The first-order valence-corrected chi connectivity index (χ1v) is 10.5. The third-order valence-corrected chi connectivity index (χ3v) is 5.02. The van der Waals surface area contributed by atoms with Crippen LogP contribution in [0.2, 0.25) is 0 Å². The standard InChI is InChI=1S/C25H34N2O3/c1-5-23(20-14-10-7-11-15-20)27(24(29)30-25(2,3)4)17-21(18-28)22(26)16-19-12-8-6-9-13-19/h6-15,18,21-23H,5,16-17,26H2,1-4H3/t21?,22-,23?/m0/s1. The number of hydrogen-bond donors (Lipinski definition) is 1. The molecule has 0 radical (unpaired) electrons. The van der Waals surface area contributed by atoms with Crippen LogP contribution in [0.5, 0.6) is 0 Å². The van der Waals surface area contributed by atoms with Gasteiger partial charge in [-0.1, -0.05) is 67.6 Å². The van der Waals surface area contributed by atoms with E-state index in [1.807, 2.05) is 88.4 Å². The first-order valence-electron chi connectivity index (χ1n) is 10.5. The van der Waals surface area contributed by atoms with Gasteiger partial charge in [-0.15, -0.1) is 0 Å². The average Bonchev–Trinajstić information content (AvgIpc) is 2.71. The summed E-state index contributed by atoms with van der Waals surface area (Å²) < 4.78 is 5.68. The molecule has 0 aliphatic carbocycles. The van der Waals surface area contributed by atoms with Crippen molar-refractivity contribution < 1.29 is 14.3 Å². The van der Waals surface area contributed by atoms with Crippen LogP contribution in [0.4, 0.5) is 4.79 Å². The van der Waals surface area contributed by atoms with Gasteiger partial charge in [0.15, 0.2) is 0 Å². The summed E-state index contributed by atoms with van der Waals surface area (Å²) in [5, 5.41) is 0. The van der Waals surface area contributed by atoms with E-state index in [1.165, 1.54) is 0 Å². The molecule has 30 heavy (non-hydrogen) atoms. The second-order valence-electron chi connectivity index (χ2n) is 8.62. The maximum absolute atomic E-state index is 13.1. The lowest BCUT2D eigenvalue weighted by Crippen LogP contribution is -2.46. The number of nitrogens with zero attached hydrogens (tertiary/aromatic N) is 1. The van der Waals surface area contributed by atoms with Crippen molar-refractivity contribution in [2.24, 2.45) is 11.7 Å². The Bertz CT molecular complexity index is 787. The molecule has 0 aliphatic heterocycles. The molecule has 2 rings (SSSR count). The molecule has 0 saturated heterocycles. The van der Waals surface area contributed by atoms with Gasteiger partial charge in [0, 0.05) is 18.5 Å². The van der Waals surface area contributed by atoms with E-state index in [9.17, 15) is 9.59 Å². The van der Waals surface area contributed by atoms with Crippen LogP contribution in [0.1, 0.15) is 51.3 Å². The SMILES string of the molecule is CCC(c1ccccc1)N(CC(C=O)[C@@H](N)Cc1ccccc1)C(=O)OC(C)(C)C. The van der Waals surface area contributed by atoms with E-state index in [2.05, 4.69) is 0 Å². The van der Waals surface area contributed by atoms with Crippen molar-refractivity contribution >= 4 is 12.4 Å². The monoisotopic (exact) mass is 410 g/mol. The molecular formula is C25H34N2O3. The number of benzene rings is 2. The number of aldehydes is 1.